The summed E-state index contributed by atoms with van der Waals surface area (Å²) in [7, 11) is 1.63. The first kappa shape index (κ1) is 20.8. The zero-order valence-electron chi connectivity index (χ0n) is 17.2. The third-order valence-electron chi connectivity index (χ3n) is 5.81. The number of likely N-dealkylation sites (tertiary alicyclic amines) is 1. The number of piperidine rings is 1. The van der Waals surface area contributed by atoms with E-state index in [4.69, 9.17) is 0 Å². The van der Waals surface area contributed by atoms with E-state index in [9.17, 15) is 24.5 Å². The Morgan fingerprint density at radius 1 is 1.23 bits per heavy atom. The zero-order valence-corrected chi connectivity index (χ0v) is 17.2. The van der Waals surface area contributed by atoms with E-state index in [0.717, 1.165) is 30.4 Å². The largest absolute Gasteiger partial charge is 0.346 e. The number of hydrogen-bond donors (Lipinski definition) is 1. The first-order chi connectivity index (χ1) is 14.8. The summed E-state index contributed by atoms with van der Waals surface area (Å²) in [5.74, 6) is 0.575. The fourth-order valence-electron chi connectivity index (χ4n) is 3.94. The summed E-state index contributed by atoms with van der Waals surface area (Å²) in [5, 5.41) is 17.8. The number of rotatable bonds is 6. The Morgan fingerprint density at radius 3 is 2.58 bits per heavy atom. The van der Waals surface area contributed by atoms with Crippen LogP contribution in [0.25, 0.3) is 0 Å². The molecule has 1 aliphatic carbocycles. The van der Waals surface area contributed by atoms with Crippen LogP contribution in [0.4, 0.5) is 11.4 Å². The third kappa shape index (κ3) is 4.49. The zero-order chi connectivity index (χ0) is 22.1. The molecule has 2 aliphatic rings. The molecular weight excluding hydrogens is 404 g/mol. The van der Waals surface area contributed by atoms with Gasteiger partial charge in [0, 0.05) is 49.8 Å². The number of nitro benzene ring substituents is 1. The number of benzene rings is 1. The summed E-state index contributed by atoms with van der Waals surface area (Å²) in [6.45, 7) is 0.997. The maximum Gasteiger partial charge on any atom is 0.346 e. The number of amides is 2. The van der Waals surface area contributed by atoms with E-state index in [1.54, 1.807) is 7.05 Å². The lowest BCUT2D eigenvalue weighted by Crippen LogP contribution is -2.39. The average molecular weight is 428 g/mol. The Kier molecular flexibility index (Phi) is 5.57. The van der Waals surface area contributed by atoms with Crippen LogP contribution in [0.2, 0.25) is 0 Å². The van der Waals surface area contributed by atoms with Crippen LogP contribution in [0, 0.1) is 16.0 Å². The SMILES string of the molecule is Cn1c(C2CCN(C(=O)C3CC3)CC2)nn(CC(=O)Nc2cccc([N+](=O)[O-])c2)c1=O. The van der Waals surface area contributed by atoms with Crippen molar-refractivity contribution in [1.82, 2.24) is 19.2 Å². The monoisotopic (exact) mass is 428 g/mol. The van der Waals surface area contributed by atoms with Crippen molar-refractivity contribution in [3.8, 4) is 0 Å². The topological polar surface area (TPSA) is 132 Å². The Hall–Kier alpha value is -3.50. The Labute approximate surface area is 177 Å². The molecule has 2 heterocycles. The highest BCUT2D eigenvalue weighted by Gasteiger charge is 2.36. The van der Waals surface area contributed by atoms with E-state index < -0.39 is 16.5 Å². The van der Waals surface area contributed by atoms with Gasteiger partial charge in [-0.15, -0.1) is 0 Å². The Balaban J connectivity index is 1.40. The van der Waals surface area contributed by atoms with Crippen molar-refractivity contribution in [1.29, 1.82) is 0 Å². The van der Waals surface area contributed by atoms with Crippen LogP contribution in [-0.2, 0) is 23.2 Å². The minimum absolute atomic E-state index is 0.0436. The van der Waals surface area contributed by atoms with Gasteiger partial charge in [0.25, 0.3) is 5.69 Å². The molecule has 1 saturated carbocycles. The first-order valence-corrected chi connectivity index (χ1v) is 10.3. The highest BCUT2D eigenvalue weighted by atomic mass is 16.6. The molecule has 0 bridgehead atoms. The normalized spacial score (nSPS) is 16.9. The minimum atomic E-state index is -0.547. The summed E-state index contributed by atoms with van der Waals surface area (Å²) >= 11 is 0. The molecule has 1 saturated heterocycles. The maximum atomic E-state index is 12.6. The number of non-ortho nitro benzene ring substituents is 1. The highest BCUT2D eigenvalue weighted by molar-refractivity contribution is 5.90. The van der Waals surface area contributed by atoms with Crippen molar-refractivity contribution in [2.45, 2.75) is 38.1 Å². The summed E-state index contributed by atoms with van der Waals surface area (Å²) in [6, 6.07) is 5.59. The molecule has 1 N–H and O–H groups in total. The van der Waals surface area contributed by atoms with Crippen LogP contribution in [-0.4, -0.2) is 49.1 Å². The molecule has 1 aliphatic heterocycles. The molecule has 0 atom stereocenters. The first-order valence-electron chi connectivity index (χ1n) is 10.3. The maximum absolute atomic E-state index is 12.6. The molecule has 0 spiro atoms. The van der Waals surface area contributed by atoms with E-state index in [1.807, 2.05) is 4.90 Å². The Bertz CT molecular complexity index is 1080. The highest BCUT2D eigenvalue weighted by Crippen LogP contribution is 2.33. The lowest BCUT2D eigenvalue weighted by molar-refractivity contribution is -0.384. The van der Waals surface area contributed by atoms with Gasteiger partial charge in [0.15, 0.2) is 0 Å². The molecule has 1 aromatic heterocycles. The van der Waals surface area contributed by atoms with Crippen LogP contribution >= 0.6 is 0 Å². The van der Waals surface area contributed by atoms with Crippen molar-refractivity contribution in [2.24, 2.45) is 13.0 Å². The number of hydrogen-bond acceptors (Lipinski definition) is 6. The third-order valence-corrected chi connectivity index (χ3v) is 5.81. The fraction of sp³-hybridized carbons (Fsp3) is 0.500. The van der Waals surface area contributed by atoms with E-state index >= 15 is 0 Å². The number of carbonyl (C=O) groups is 2. The van der Waals surface area contributed by atoms with E-state index in [2.05, 4.69) is 10.4 Å². The van der Waals surface area contributed by atoms with Crippen molar-refractivity contribution in [2.75, 3.05) is 18.4 Å². The van der Waals surface area contributed by atoms with Gasteiger partial charge in [0.2, 0.25) is 11.8 Å². The second kappa shape index (κ2) is 8.32. The molecule has 11 heteroatoms. The van der Waals surface area contributed by atoms with Gasteiger partial charge in [-0.3, -0.25) is 24.3 Å². The van der Waals surface area contributed by atoms with Crippen molar-refractivity contribution < 1.29 is 14.5 Å². The second-order valence-electron chi connectivity index (χ2n) is 8.09. The van der Waals surface area contributed by atoms with Crippen LogP contribution in [0.5, 0.6) is 0 Å². The molecule has 2 amide bonds. The number of nitrogens with zero attached hydrogens (tertiary/aromatic N) is 5. The predicted molar refractivity (Wildman–Crippen MR) is 110 cm³/mol. The summed E-state index contributed by atoms with van der Waals surface area (Å²) in [4.78, 5) is 49.4. The molecule has 0 unspecified atom stereocenters. The van der Waals surface area contributed by atoms with Gasteiger partial charge in [-0.05, 0) is 31.7 Å². The lowest BCUT2D eigenvalue weighted by atomic mass is 9.95. The van der Waals surface area contributed by atoms with Crippen molar-refractivity contribution >= 4 is 23.2 Å². The van der Waals surface area contributed by atoms with Gasteiger partial charge in [0.1, 0.15) is 12.4 Å². The molecule has 1 aromatic carbocycles. The lowest BCUT2D eigenvalue weighted by Gasteiger charge is -2.31. The molecule has 31 heavy (non-hydrogen) atoms. The fourth-order valence-corrected chi connectivity index (χ4v) is 3.94. The predicted octanol–water partition coefficient (Wildman–Crippen LogP) is 1.24. The van der Waals surface area contributed by atoms with Crippen LogP contribution in [0.3, 0.4) is 0 Å². The van der Waals surface area contributed by atoms with Gasteiger partial charge in [-0.1, -0.05) is 6.07 Å². The van der Waals surface area contributed by atoms with E-state index in [1.165, 1.54) is 28.8 Å². The van der Waals surface area contributed by atoms with Gasteiger partial charge < -0.3 is 10.2 Å². The van der Waals surface area contributed by atoms with Crippen molar-refractivity contribution in [3.05, 3.63) is 50.7 Å². The van der Waals surface area contributed by atoms with Crippen molar-refractivity contribution in [3.63, 3.8) is 0 Å². The molecule has 0 radical (unpaired) electrons. The van der Waals surface area contributed by atoms with Gasteiger partial charge >= 0.3 is 5.69 Å². The summed E-state index contributed by atoms with van der Waals surface area (Å²) < 4.78 is 2.55. The molecule has 2 aromatic rings. The minimum Gasteiger partial charge on any atom is -0.342 e. The Morgan fingerprint density at radius 2 is 1.94 bits per heavy atom. The standard InChI is InChI=1S/C20H24N6O5/c1-23-18(13-7-9-24(10-8-13)19(28)14-5-6-14)22-25(20(23)29)12-17(27)21-15-3-2-4-16(11-15)26(30)31/h2-4,11,13-14H,5-10,12H2,1H3,(H,21,27). The van der Waals surface area contributed by atoms with Gasteiger partial charge in [0.05, 0.1) is 4.92 Å². The number of anilines is 1. The molecular formula is C20H24N6O5. The quantitative estimate of drug-likeness (QED) is 0.544. The smallest absolute Gasteiger partial charge is 0.342 e. The number of nitro groups is 1. The molecule has 11 nitrogen and oxygen atoms in total. The van der Waals surface area contributed by atoms with Gasteiger partial charge in [-0.2, -0.15) is 5.10 Å². The molecule has 4 rings (SSSR count). The van der Waals surface area contributed by atoms with Crippen LogP contribution < -0.4 is 11.0 Å². The van der Waals surface area contributed by atoms with Gasteiger partial charge in [-0.25, -0.2) is 9.48 Å². The average Bonchev–Trinajstić information content (AvgIpc) is 3.57. The summed E-state index contributed by atoms with van der Waals surface area (Å²) in [6.07, 6.45) is 3.41. The molecule has 2 fully saturated rings. The molecule has 164 valence electrons. The number of carbonyl (C=O) groups excluding carboxylic acids is 2. The van der Waals surface area contributed by atoms with E-state index in [0.29, 0.717) is 18.9 Å². The van der Waals surface area contributed by atoms with Crippen LogP contribution in [0.15, 0.2) is 29.1 Å². The second-order valence-corrected chi connectivity index (χ2v) is 8.09. The number of nitrogens with one attached hydrogen (secondary N) is 1. The van der Waals surface area contributed by atoms with E-state index in [-0.39, 0.29) is 35.7 Å². The summed E-state index contributed by atoms with van der Waals surface area (Å²) in [5.41, 5.74) is -0.265. The van der Waals surface area contributed by atoms with Crippen LogP contribution in [0.1, 0.15) is 37.4 Å². The number of aromatic nitrogens is 3.